The van der Waals surface area contributed by atoms with Gasteiger partial charge in [0.05, 0.1) is 24.4 Å². The summed E-state index contributed by atoms with van der Waals surface area (Å²) in [5, 5.41) is 3.28. The normalized spacial score (nSPS) is 11.0. The molecule has 0 spiro atoms. The van der Waals surface area contributed by atoms with E-state index < -0.39 is 12.5 Å². The number of nitrogens with one attached hydrogen (secondary N) is 1. The maximum Gasteiger partial charge on any atom is 0.387 e. The summed E-state index contributed by atoms with van der Waals surface area (Å²) in [6, 6.07) is 7.45. The molecule has 0 aliphatic carbocycles. The number of benzene rings is 1. The molecule has 6 nitrogen and oxygen atoms in total. The van der Waals surface area contributed by atoms with Crippen molar-refractivity contribution in [1.29, 1.82) is 0 Å². The molecule has 2 heterocycles. The van der Waals surface area contributed by atoms with Crippen LogP contribution in [0.1, 0.15) is 16.1 Å². The summed E-state index contributed by atoms with van der Waals surface area (Å²) in [4.78, 5) is 16.6. The van der Waals surface area contributed by atoms with E-state index in [0.29, 0.717) is 16.4 Å². The monoisotopic (exact) mass is 381 g/mol. The van der Waals surface area contributed by atoms with E-state index in [-0.39, 0.29) is 23.6 Å². The zero-order chi connectivity index (χ0) is 18.7. The first-order chi connectivity index (χ1) is 12.5. The number of alkyl halides is 2. The van der Waals surface area contributed by atoms with Crippen LogP contribution in [0.2, 0.25) is 5.02 Å². The molecular formula is C17H14ClF2N3O3. The van der Waals surface area contributed by atoms with Gasteiger partial charge in [-0.05, 0) is 30.3 Å². The number of pyridine rings is 1. The van der Waals surface area contributed by atoms with Crippen molar-refractivity contribution in [3.8, 4) is 11.5 Å². The Balaban J connectivity index is 1.70. The number of carbonyl (C=O) groups excluding carboxylic acids is 1. The summed E-state index contributed by atoms with van der Waals surface area (Å²) < 4.78 is 35.8. The smallest absolute Gasteiger partial charge is 0.387 e. The topological polar surface area (TPSA) is 64.9 Å². The van der Waals surface area contributed by atoms with E-state index in [1.54, 1.807) is 28.9 Å². The molecule has 3 rings (SSSR count). The molecule has 9 heteroatoms. The van der Waals surface area contributed by atoms with Gasteiger partial charge in [-0.3, -0.25) is 4.79 Å². The molecule has 136 valence electrons. The molecule has 2 aromatic heterocycles. The van der Waals surface area contributed by atoms with Crippen LogP contribution in [-0.2, 0) is 6.54 Å². The van der Waals surface area contributed by atoms with Crippen molar-refractivity contribution >= 4 is 23.2 Å². The van der Waals surface area contributed by atoms with Gasteiger partial charge < -0.3 is 19.2 Å². The van der Waals surface area contributed by atoms with Crippen molar-refractivity contribution in [3.63, 3.8) is 0 Å². The van der Waals surface area contributed by atoms with Gasteiger partial charge in [-0.2, -0.15) is 8.78 Å². The fourth-order valence-corrected chi connectivity index (χ4v) is 2.55. The van der Waals surface area contributed by atoms with E-state index in [1.165, 1.54) is 25.3 Å². The Kier molecular flexibility index (Phi) is 5.22. The maximum atomic E-state index is 12.3. The van der Waals surface area contributed by atoms with E-state index in [4.69, 9.17) is 16.3 Å². The van der Waals surface area contributed by atoms with Gasteiger partial charge in [-0.1, -0.05) is 11.6 Å². The van der Waals surface area contributed by atoms with Crippen molar-refractivity contribution < 1.29 is 23.0 Å². The van der Waals surface area contributed by atoms with Crippen LogP contribution in [0.3, 0.4) is 0 Å². The number of hydrogen-bond donors (Lipinski definition) is 1. The molecule has 3 aromatic rings. The van der Waals surface area contributed by atoms with Crippen LogP contribution >= 0.6 is 11.6 Å². The second kappa shape index (κ2) is 7.57. The standard InChI is InChI=1S/C17H14ClF2N3O3/c1-25-14-6-10(2-4-13(14)26-17(19)20)16(24)21-7-12-9-23-8-11(18)3-5-15(23)22-12/h2-6,8-9,17H,7H2,1H3,(H,21,24). The number of ether oxygens (including phenoxy) is 2. The summed E-state index contributed by atoms with van der Waals surface area (Å²) in [5.74, 6) is -0.501. The molecule has 0 saturated heterocycles. The zero-order valence-electron chi connectivity index (χ0n) is 13.6. The summed E-state index contributed by atoms with van der Waals surface area (Å²) in [5.41, 5.74) is 1.59. The average Bonchev–Trinajstić information content (AvgIpc) is 3.01. The number of fused-ring (bicyclic) bond motifs is 1. The van der Waals surface area contributed by atoms with E-state index >= 15 is 0 Å². The lowest BCUT2D eigenvalue weighted by Gasteiger charge is -2.11. The maximum absolute atomic E-state index is 12.3. The largest absolute Gasteiger partial charge is 0.493 e. The van der Waals surface area contributed by atoms with Gasteiger partial charge in [0.25, 0.3) is 5.91 Å². The SMILES string of the molecule is COc1cc(C(=O)NCc2cn3cc(Cl)ccc3n2)ccc1OC(F)F. The molecule has 0 bridgehead atoms. The number of rotatable bonds is 6. The van der Waals surface area contributed by atoms with Gasteiger partial charge in [0, 0.05) is 18.0 Å². The van der Waals surface area contributed by atoms with Crippen LogP contribution in [0, 0.1) is 0 Å². The molecule has 0 saturated carbocycles. The van der Waals surface area contributed by atoms with E-state index in [9.17, 15) is 13.6 Å². The number of nitrogens with zero attached hydrogens (tertiary/aromatic N) is 2. The number of imidazole rings is 1. The van der Waals surface area contributed by atoms with Crippen LogP contribution in [-0.4, -0.2) is 29.0 Å². The molecular weight excluding hydrogens is 368 g/mol. The highest BCUT2D eigenvalue weighted by molar-refractivity contribution is 6.30. The van der Waals surface area contributed by atoms with Crippen molar-refractivity contribution in [1.82, 2.24) is 14.7 Å². The Morgan fingerprint density at radius 1 is 1.27 bits per heavy atom. The summed E-state index contributed by atoms with van der Waals surface area (Å²) in [6.45, 7) is -2.79. The lowest BCUT2D eigenvalue weighted by molar-refractivity contribution is -0.0512. The third kappa shape index (κ3) is 4.02. The first-order valence-electron chi connectivity index (χ1n) is 7.50. The minimum atomic E-state index is -2.98. The molecule has 0 unspecified atom stereocenters. The molecule has 26 heavy (non-hydrogen) atoms. The van der Waals surface area contributed by atoms with E-state index in [0.717, 1.165) is 0 Å². The number of amides is 1. The van der Waals surface area contributed by atoms with Crippen LogP contribution in [0.4, 0.5) is 8.78 Å². The van der Waals surface area contributed by atoms with Crippen molar-refractivity contribution in [2.75, 3.05) is 7.11 Å². The third-order valence-corrected chi connectivity index (χ3v) is 3.76. The number of aromatic nitrogens is 2. The number of carbonyl (C=O) groups is 1. The quantitative estimate of drug-likeness (QED) is 0.709. The molecule has 0 aliphatic rings. The fourth-order valence-electron chi connectivity index (χ4n) is 2.38. The minimum absolute atomic E-state index is 0.0420. The molecule has 1 aromatic carbocycles. The Morgan fingerprint density at radius 3 is 2.81 bits per heavy atom. The molecule has 0 aliphatic heterocycles. The Hall–Kier alpha value is -2.87. The van der Waals surface area contributed by atoms with Gasteiger partial charge in [0.2, 0.25) is 0 Å². The number of hydrogen-bond acceptors (Lipinski definition) is 4. The third-order valence-electron chi connectivity index (χ3n) is 3.54. The van der Waals surface area contributed by atoms with Crippen LogP contribution in [0.25, 0.3) is 5.65 Å². The average molecular weight is 382 g/mol. The lowest BCUT2D eigenvalue weighted by atomic mass is 10.2. The first-order valence-corrected chi connectivity index (χ1v) is 7.88. The van der Waals surface area contributed by atoms with Gasteiger partial charge in [-0.15, -0.1) is 0 Å². The van der Waals surface area contributed by atoms with Crippen LogP contribution < -0.4 is 14.8 Å². The first kappa shape index (κ1) is 17.9. The molecule has 0 atom stereocenters. The number of methoxy groups -OCH3 is 1. The van der Waals surface area contributed by atoms with Crippen molar-refractivity contribution in [2.24, 2.45) is 0 Å². The lowest BCUT2D eigenvalue weighted by Crippen LogP contribution is -2.23. The van der Waals surface area contributed by atoms with Crippen molar-refractivity contribution in [2.45, 2.75) is 13.2 Å². The summed E-state index contributed by atoms with van der Waals surface area (Å²) in [6.07, 6.45) is 3.46. The van der Waals surface area contributed by atoms with Crippen LogP contribution in [0.5, 0.6) is 11.5 Å². The second-order valence-corrected chi connectivity index (χ2v) is 5.71. The fraction of sp³-hybridized carbons (Fsp3) is 0.176. The van der Waals surface area contributed by atoms with Crippen LogP contribution in [0.15, 0.2) is 42.7 Å². The highest BCUT2D eigenvalue weighted by atomic mass is 35.5. The summed E-state index contributed by atoms with van der Waals surface area (Å²) >= 11 is 5.92. The second-order valence-electron chi connectivity index (χ2n) is 5.27. The van der Waals surface area contributed by atoms with Gasteiger partial charge in [0.15, 0.2) is 11.5 Å². The molecule has 0 radical (unpaired) electrons. The highest BCUT2D eigenvalue weighted by Gasteiger charge is 2.14. The predicted molar refractivity (Wildman–Crippen MR) is 91.0 cm³/mol. The van der Waals surface area contributed by atoms with E-state index in [2.05, 4.69) is 15.0 Å². The number of halogens is 3. The van der Waals surface area contributed by atoms with Gasteiger partial charge >= 0.3 is 6.61 Å². The van der Waals surface area contributed by atoms with E-state index in [1.807, 2.05) is 0 Å². The molecule has 0 fully saturated rings. The van der Waals surface area contributed by atoms with Crippen molar-refractivity contribution in [3.05, 3.63) is 59.0 Å². The predicted octanol–water partition coefficient (Wildman–Crippen LogP) is 3.53. The summed E-state index contributed by atoms with van der Waals surface area (Å²) in [7, 11) is 1.30. The minimum Gasteiger partial charge on any atom is -0.493 e. The Labute approximate surface area is 152 Å². The zero-order valence-corrected chi connectivity index (χ0v) is 14.3. The van der Waals surface area contributed by atoms with Gasteiger partial charge in [-0.25, -0.2) is 4.98 Å². The highest BCUT2D eigenvalue weighted by Crippen LogP contribution is 2.29. The molecule has 1 amide bonds. The molecule has 1 N–H and O–H groups in total. The Morgan fingerprint density at radius 2 is 2.08 bits per heavy atom. The Bertz CT molecular complexity index is 946. The van der Waals surface area contributed by atoms with Gasteiger partial charge in [0.1, 0.15) is 5.65 Å².